The number of carbonyl (C=O) groups is 1. The molecule has 1 unspecified atom stereocenters. The molecule has 3 heterocycles. The predicted octanol–water partition coefficient (Wildman–Crippen LogP) is 2.91. The lowest BCUT2D eigenvalue weighted by molar-refractivity contribution is -0.132. The zero-order chi connectivity index (χ0) is 19.3. The van der Waals surface area contributed by atoms with Crippen LogP contribution < -0.4 is 4.90 Å². The number of carbonyl (C=O) groups excluding carboxylic acids is 1. The number of aryl methyl sites for hydroxylation is 1. The van der Waals surface area contributed by atoms with Gasteiger partial charge < -0.3 is 14.4 Å². The quantitative estimate of drug-likeness (QED) is 0.688. The third-order valence-corrected chi connectivity index (χ3v) is 5.37. The Morgan fingerprint density at radius 2 is 1.64 bits per heavy atom. The molecule has 1 atom stereocenters. The first kappa shape index (κ1) is 18.2. The highest BCUT2D eigenvalue weighted by Crippen LogP contribution is 2.26. The van der Waals surface area contributed by atoms with Crippen molar-refractivity contribution in [3.63, 3.8) is 0 Å². The zero-order valence-corrected chi connectivity index (χ0v) is 16.1. The van der Waals surface area contributed by atoms with Crippen molar-refractivity contribution in [2.24, 2.45) is 0 Å². The van der Waals surface area contributed by atoms with Gasteiger partial charge in [0.15, 0.2) is 0 Å². The maximum atomic E-state index is 13.1. The second-order valence-corrected chi connectivity index (χ2v) is 7.12. The summed E-state index contributed by atoms with van der Waals surface area (Å²) in [6, 6.07) is 14.2. The minimum Gasteiger partial charge on any atom is -0.346 e. The Bertz CT molecular complexity index is 902. The van der Waals surface area contributed by atoms with Gasteiger partial charge in [0.25, 0.3) is 0 Å². The third-order valence-electron chi connectivity index (χ3n) is 5.37. The van der Waals surface area contributed by atoms with Crippen LogP contribution in [0.2, 0.25) is 0 Å². The van der Waals surface area contributed by atoms with E-state index in [9.17, 15) is 4.79 Å². The summed E-state index contributed by atoms with van der Waals surface area (Å²) in [7, 11) is 0. The Kier molecular flexibility index (Phi) is 5.37. The van der Waals surface area contributed by atoms with Gasteiger partial charge in [0.1, 0.15) is 0 Å². The number of aromatic nitrogens is 3. The van der Waals surface area contributed by atoms with E-state index in [1.165, 1.54) is 11.1 Å². The largest absolute Gasteiger partial charge is 0.346 e. The summed E-state index contributed by atoms with van der Waals surface area (Å²) in [5.74, 6) is 0.926. The van der Waals surface area contributed by atoms with Gasteiger partial charge >= 0.3 is 0 Å². The van der Waals surface area contributed by atoms with Crippen LogP contribution in [-0.4, -0.2) is 51.5 Å². The van der Waals surface area contributed by atoms with Crippen LogP contribution in [0.3, 0.4) is 0 Å². The van der Waals surface area contributed by atoms with Crippen molar-refractivity contribution in [1.82, 2.24) is 19.4 Å². The second-order valence-electron chi connectivity index (χ2n) is 7.12. The molecule has 0 spiro atoms. The van der Waals surface area contributed by atoms with Gasteiger partial charge in [-0.05, 0) is 36.2 Å². The summed E-state index contributed by atoms with van der Waals surface area (Å²) in [6.07, 6.45) is 8.04. The van der Waals surface area contributed by atoms with E-state index in [4.69, 9.17) is 0 Å². The first-order valence-corrected chi connectivity index (χ1v) is 9.70. The highest BCUT2D eigenvalue weighted by Gasteiger charge is 2.26. The van der Waals surface area contributed by atoms with Crippen molar-refractivity contribution in [1.29, 1.82) is 0 Å². The molecule has 2 aromatic heterocycles. The third kappa shape index (κ3) is 3.91. The Labute approximate surface area is 165 Å². The van der Waals surface area contributed by atoms with Gasteiger partial charge in [0.05, 0.1) is 12.5 Å². The Morgan fingerprint density at radius 3 is 2.32 bits per heavy atom. The lowest BCUT2D eigenvalue weighted by Gasteiger charge is -2.35. The topological polar surface area (TPSA) is 54.3 Å². The van der Waals surface area contributed by atoms with Crippen LogP contribution in [0.5, 0.6) is 0 Å². The van der Waals surface area contributed by atoms with Crippen LogP contribution in [-0.2, 0) is 4.79 Å². The first-order chi connectivity index (χ1) is 13.7. The van der Waals surface area contributed by atoms with Crippen LogP contribution in [0, 0.1) is 6.92 Å². The fourth-order valence-corrected chi connectivity index (χ4v) is 3.80. The summed E-state index contributed by atoms with van der Waals surface area (Å²) in [6.45, 7) is 5.02. The van der Waals surface area contributed by atoms with E-state index in [0.29, 0.717) is 19.5 Å². The van der Waals surface area contributed by atoms with Gasteiger partial charge in [-0.1, -0.05) is 24.3 Å². The van der Waals surface area contributed by atoms with E-state index in [1.54, 1.807) is 12.4 Å². The average molecular weight is 375 g/mol. The molecule has 0 N–H and O–H groups in total. The average Bonchev–Trinajstić information content (AvgIpc) is 3.28. The molecule has 28 heavy (non-hydrogen) atoms. The first-order valence-electron chi connectivity index (χ1n) is 9.70. The van der Waals surface area contributed by atoms with Gasteiger partial charge in [-0.3, -0.25) is 4.79 Å². The maximum absolute atomic E-state index is 13.1. The molecule has 0 bridgehead atoms. The molecule has 1 aliphatic heterocycles. The van der Waals surface area contributed by atoms with Crippen molar-refractivity contribution in [3.05, 3.63) is 78.4 Å². The van der Waals surface area contributed by atoms with Gasteiger partial charge in [-0.25, -0.2) is 9.97 Å². The summed E-state index contributed by atoms with van der Waals surface area (Å²) in [5.41, 5.74) is 2.41. The van der Waals surface area contributed by atoms with Crippen LogP contribution in [0.15, 0.2) is 67.3 Å². The molecule has 144 valence electrons. The monoisotopic (exact) mass is 375 g/mol. The Balaban J connectivity index is 1.45. The molecule has 0 aliphatic carbocycles. The van der Waals surface area contributed by atoms with E-state index >= 15 is 0 Å². The fraction of sp³-hybridized carbons (Fsp3) is 0.318. The Morgan fingerprint density at radius 1 is 0.964 bits per heavy atom. The van der Waals surface area contributed by atoms with Crippen molar-refractivity contribution >= 4 is 11.9 Å². The van der Waals surface area contributed by atoms with Crippen molar-refractivity contribution in [2.75, 3.05) is 31.1 Å². The van der Waals surface area contributed by atoms with Gasteiger partial charge in [-0.2, -0.15) is 0 Å². The second kappa shape index (κ2) is 8.25. The number of piperazine rings is 1. The number of anilines is 1. The van der Waals surface area contributed by atoms with Gasteiger partial charge in [0, 0.05) is 51.0 Å². The molecule has 3 aromatic rings. The molecule has 6 nitrogen and oxygen atoms in total. The highest BCUT2D eigenvalue weighted by atomic mass is 16.2. The van der Waals surface area contributed by atoms with E-state index in [0.717, 1.165) is 19.0 Å². The molecule has 6 heteroatoms. The SMILES string of the molecule is Cc1ccccc1C(CC(=O)N1CCN(c2ncccn2)CC1)n1cccc1. The molecule has 0 saturated carbocycles. The minimum atomic E-state index is 0.0131. The van der Waals surface area contributed by atoms with Gasteiger partial charge in [-0.15, -0.1) is 0 Å². The van der Waals surface area contributed by atoms with E-state index < -0.39 is 0 Å². The number of rotatable bonds is 5. The summed E-state index contributed by atoms with van der Waals surface area (Å²) < 4.78 is 2.13. The molecule has 1 amide bonds. The van der Waals surface area contributed by atoms with Crippen LogP contribution in [0.25, 0.3) is 0 Å². The van der Waals surface area contributed by atoms with Crippen molar-refractivity contribution in [2.45, 2.75) is 19.4 Å². The maximum Gasteiger partial charge on any atom is 0.225 e. The lowest BCUT2D eigenvalue weighted by Crippen LogP contribution is -2.49. The molecule has 1 aliphatic rings. The molecular formula is C22H25N5O. The van der Waals surface area contributed by atoms with Gasteiger partial charge in [0.2, 0.25) is 11.9 Å². The number of hydrogen-bond donors (Lipinski definition) is 0. The molecule has 4 rings (SSSR count). The normalized spacial score (nSPS) is 15.5. The van der Waals surface area contributed by atoms with Crippen molar-refractivity contribution in [3.8, 4) is 0 Å². The fourth-order valence-electron chi connectivity index (χ4n) is 3.80. The highest BCUT2D eigenvalue weighted by molar-refractivity contribution is 5.77. The molecular weight excluding hydrogens is 350 g/mol. The number of hydrogen-bond acceptors (Lipinski definition) is 4. The smallest absolute Gasteiger partial charge is 0.225 e. The van der Waals surface area contributed by atoms with Crippen molar-refractivity contribution < 1.29 is 4.79 Å². The molecule has 1 aromatic carbocycles. The van der Waals surface area contributed by atoms with Crippen LogP contribution >= 0.6 is 0 Å². The summed E-state index contributed by atoms with van der Waals surface area (Å²) >= 11 is 0. The molecule has 0 radical (unpaired) electrons. The standard InChI is InChI=1S/C22H25N5O/c1-18-7-2-3-8-19(18)20(25-11-4-5-12-25)17-21(28)26-13-15-27(16-14-26)22-23-9-6-10-24-22/h2-12,20H,13-17H2,1H3. The van der Waals surface area contributed by atoms with Crippen LogP contribution in [0.4, 0.5) is 5.95 Å². The summed E-state index contributed by atoms with van der Waals surface area (Å²) in [4.78, 5) is 25.8. The van der Waals surface area contributed by atoms with Crippen LogP contribution in [0.1, 0.15) is 23.6 Å². The lowest BCUT2D eigenvalue weighted by atomic mass is 9.98. The number of nitrogens with zero attached hydrogens (tertiary/aromatic N) is 5. The minimum absolute atomic E-state index is 0.0131. The number of benzene rings is 1. The zero-order valence-electron chi connectivity index (χ0n) is 16.1. The van der Waals surface area contributed by atoms with E-state index in [2.05, 4.69) is 38.5 Å². The molecule has 1 fully saturated rings. The predicted molar refractivity (Wildman–Crippen MR) is 109 cm³/mol. The molecule has 1 saturated heterocycles. The Hall–Kier alpha value is -3.15. The summed E-state index contributed by atoms with van der Waals surface area (Å²) in [5, 5.41) is 0. The van der Waals surface area contributed by atoms with E-state index in [-0.39, 0.29) is 11.9 Å². The van der Waals surface area contributed by atoms with E-state index in [1.807, 2.05) is 47.6 Å². The number of amides is 1.